The fourth-order valence-electron chi connectivity index (χ4n) is 2.10. The van der Waals surface area contributed by atoms with E-state index in [4.69, 9.17) is 0 Å². The van der Waals surface area contributed by atoms with Crippen LogP contribution in [0.3, 0.4) is 0 Å². The SMILES string of the molecule is CC1(C)CC1CNCc1ccc(C(F)F)cc1. The summed E-state index contributed by atoms with van der Waals surface area (Å²) in [4.78, 5) is 0. The van der Waals surface area contributed by atoms with Crippen molar-refractivity contribution in [1.82, 2.24) is 5.32 Å². The fourth-order valence-corrected chi connectivity index (χ4v) is 2.10. The molecule has 94 valence electrons. The van der Waals surface area contributed by atoms with Crippen molar-refractivity contribution >= 4 is 0 Å². The normalized spacial score (nSPS) is 21.8. The Morgan fingerprint density at radius 3 is 2.35 bits per heavy atom. The summed E-state index contributed by atoms with van der Waals surface area (Å²) in [6.45, 7) is 6.33. The first-order valence-electron chi connectivity index (χ1n) is 6.07. The number of hydrogen-bond acceptors (Lipinski definition) is 1. The first-order valence-corrected chi connectivity index (χ1v) is 6.07. The Morgan fingerprint density at radius 2 is 1.88 bits per heavy atom. The molecular weight excluding hydrogens is 220 g/mol. The zero-order valence-electron chi connectivity index (χ0n) is 10.3. The van der Waals surface area contributed by atoms with Crippen LogP contribution >= 0.6 is 0 Å². The van der Waals surface area contributed by atoms with Gasteiger partial charge in [-0.3, -0.25) is 0 Å². The molecule has 1 saturated carbocycles. The second kappa shape index (κ2) is 4.73. The molecule has 0 radical (unpaired) electrons. The van der Waals surface area contributed by atoms with Crippen LogP contribution < -0.4 is 5.32 Å². The lowest BCUT2D eigenvalue weighted by atomic mass is 10.1. The van der Waals surface area contributed by atoms with Crippen LogP contribution in [0.4, 0.5) is 8.78 Å². The highest BCUT2D eigenvalue weighted by Gasteiger charge is 2.44. The van der Waals surface area contributed by atoms with Gasteiger partial charge in [0.1, 0.15) is 0 Å². The van der Waals surface area contributed by atoms with Gasteiger partial charge < -0.3 is 5.32 Å². The summed E-state index contributed by atoms with van der Waals surface area (Å²) in [5.74, 6) is 0.767. The van der Waals surface area contributed by atoms with Gasteiger partial charge in [-0.25, -0.2) is 8.78 Å². The van der Waals surface area contributed by atoms with Crippen LogP contribution in [0.15, 0.2) is 24.3 Å². The van der Waals surface area contributed by atoms with Gasteiger partial charge in [0, 0.05) is 12.1 Å². The highest BCUT2D eigenvalue weighted by molar-refractivity contribution is 5.23. The van der Waals surface area contributed by atoms with Crippen molar-refractivity contribution in [2.45, 2.75) is 33.2 Å². The van der Waals surface area contributed by atoms with Gasteiger partial charge in [0.15, 0.2) is 0 Å². The molecule has 1 aliphatic rings. The molecule has 0 bridgehead atoms. The Morgan fingerprint density at radius 1 is 1.29 bits per heavy atom. The quantitative estimate of drug-likeness (QED) is 0.825. The van der Waals surface area contributed by atoms with E-state index in [0.29, 0.717) is 5.41 Å². The van der Waals surface area contributed by atoms with E-state index < -0.39 is 6.43 Å². The smallest absolute Gasteiger partial charge is 0.263 e. The van der Waals surface area contributed by atoms with Gasteiger partial charge in [-0.05, 0) is 29.9 Å². The predicted octanol–water partition coefficient (Wildman–Crippen LogP) is 3.76. The molecule has 1 atom stereocenters. The maximum atomic E-state index is 12.3. The summed E-state index contributed by atoms with van der Waals surface area (Å²) in [7, 11) is 0. The molecule has 1 aliphatic carbocycles. The lowest BCUT2D eigenvalue weighted by Gasteiger charge is -2.07. The van der Waals surface area contributed by atoms with Crippen LogP contribution in [0.2, 0.25) is 0 Å². The Hall–Kier alpha value is -0.960. The summed E-state index contributed by atoms with van der Waals surface area (Å²) in [5.41, 5.74) is 1.65. The van der Waals surface area contributed by atoms with Gasteiger partial charge in [-0.1, -0.05) is 38.1 Å². The van der Waals surface area contributed by atoms with Crippen LogP contribution in [0.1, 0.15) is 37.8 Å². The zero-order chi connectivity index (χ0) is 12.5. The first kappa shape index (κ1) is 12.5. The highest BCUT2D eigenvalue weighted by atomic mass is 19.3. The van der Waals surface area contributed by atoms with Gasteiger partial charge in [-0.15, -0.1) is 0 Å². The summed E-state index contributed by atoms with van der Waals surface area (Å²) >= 11 is 0. The Kier molecular flexibility index (Phi) is 3.48. The monoisotopic (exact) mass is 239 g/mol. The minimum Gasteiger partial charge on any atom is -0.312 e. The van der Waals surface area contributed by atoms with Crippen molar-refractivity contribution in [2.75, 3.05) is 6.54 Å². The molecular formula is C14H19F2N. The van der Waals surface area contributed by atoms with Crippen LogP contribution in [-0.4, -0.2) is 6.54 Å². The maximum Gasteiger partial charge on any atom is 0.263 e. The van der Waals surface area contributed by atoms with Gasteiger partial charge in [0.25, 0.3) is 6.43 Å². The van der Waals surface area contributed by atoms with Gasteiger partial charge in [0.2, 0.25) is 0 Å². The molecule has 1 N–H and O–H groups in total. The molecule has 0 aliphatic heterocycles. The third kappa shape index (κ3) is 3.25. The van der Waals surface area contributed by atoms with Gasteiger partial charge >= 0.3 is 0 Å². The molecule has 1 nitrogen and oxygen atoms in total. The molecule has 1 aromatic rings. The van der Waals surface area contributed by atoms with Crippen molar-refractivity contribution in [3.05, 3.63) is 35.4 Å². The largest absolute Gasteiger partial charge is 0.312 e. The molecule has 0 spiro atoms. The van der Waals surface area contributed by atoms with Crippen molar-refractivity contribution in [3.63, 3.8) is 0 Å². The molecule has 1 aromatic carbocycles. The summed E-state index contributed by atoms with van der Waals surface area (Å²) in [6.07, 6.45) is -1.09. The van der Waals surface area contributed by atoms with E-state index in [-0.39, 0.29) is 5.56 Å². The molecule has 3 heteroatoms. The van der Waals surface area contributed by atoms with Crippen molar-refractivity contribution in [1.29, 1.82) is 0 Å². The molecule has 17 heavy (non-hydrogen) atoms. The van der Waals surface area contributed by atoms with E-state index in [1.807, 2.05) is 0 Å². The number of nitrogens with one attached hydrogen (secondary N) is 1. The van der Waals surface area contributed by atoms with Crippen LogP contribution in [0, 0.1) is 11.3 Å². The second-order valence-electron chi connectivity index (χ2n) is 5.56. The summed E-state index contributed by atoms with van der Waals surface area (Å²) in [5, 5.41) is 3.38. The van der Waals surface area contributed by atoms with E-state index >= 15 is 0 Å². The van der Waals surface area contributed by atoms with E-state index in [1.165, 1.54) is 18.6 Å². The van der Waals surface area contributed by atoms with E-state index in [2.05, 4.69) is 19.2 Å². The summed E-state index contributed by atoms with van der Waals surface area (Å²) in [6, 6.07) is 6.55. The first-order chi connectivity index (χ1) is 7.99. The second-order valence-corrected chi connectivity index (χ2v) is 5.56. The van der Waals surface area contributed by atoms with Crippen molar-refractivity contribution < 1.29 is 8.78 Å². The minimum atomic E-state index is -2.37. The van der Waals surface area contributed by atoms with E-state index in [9.17, 15) is 8.78 Å². The molecule has 0 saturated heterocycles. The van der Waals surface area contributed by atoms with Crippen LogP contribution in [0.25, 0.3) is 0 Å². The van der Waals surface area contributed by atoms with Crippen LogP contribution in [-0.2, 0) is 6.54 Å². The van der Waals surface area contributed by atoms with Crippen molar-refractivity contribution in [3.8, 4) is 0 Å². The summed E-state index contributed by atoms with van der Waals surface area (Å²) < 4.78 is 24.7. The number of rotatable bonds is 5. The number of alkyl halides is 2. The minimum absolute atomic E-state index is 0.0945. The molecule has 1 unspecified atom stereocenters. The van der Waals surface area contributed by atoms with Crippen molar-refractivity contribution in [2.24, 2.45) is 11.3 Å². The van der Waals surface area contributed by atoms with Gasteiger partial charge in [-0.2, -0.15) is 0 Å². The molecule has 0 amide bonds. The lowest BCUT2D eigenvalue weighted by Crippen LogP contribution is -2.18. The molecule has 1 fully saturated rings. The Bertz CT molecular complexity index is 370. The van der Waals surface area contributed by atoms with E-state index in [0.717, 1.165) is 24.6 Å². The lowest BCUT2D eigenvalue weighted by molar-refractivity contribution is 0.151. The third-order valence-electron chi connectivity index (χ3n) is 3.67. The van der Waals surface area contributed by atoms with Crippen LogP contribution in [0.5, 0.6) is 0 Å². The molecule has 2 rings (SSSR count). The maximum absolute atomic E-state index is 12.3. The third-order valence-corrected chi connectivity index (χ3v) is 3.67. The Balaban J connectivity index is 1.76. The standard InChI is InChI=1S/C14H19F2N/c1-14(2)7-12(14)9-17-8-10-3-5-11(6-4-10)13(15)16/h3-6,12-13,17H,7-9H2,1-2H3. The zero-order valence-corrected chi connectivity index (χ0v) is 10.3. The molecule has 0 heterocycles. The van der Waals surface area contributed by atoms with E-state index in [1.54, 1.807) is 12.1 Å². The van der Waals surface area contributed by atoms with Gasteiger partial charge in [0.05, 0.1) is 0 Å². The number of benzene rings is 1. The Labute approximate surface area is 101 Å². The average Bonchev–Trinajstić information content (AvgIpc) is 2.87. The number of hydrogen-bond donors (Lipinski definition) is 1. The predicted molar refractivity (Wildman–Crippen MR) is 65.0 cm³/mol. The topological polar surface area (TPSA) is 12.0 Å². The highest BCUT2D eigenvalue weighted by Crippen LogP contribution is 2.50. The molecule has 0 aromatic heterocycles. The fraction of sp³-hybridized carbons (Fsp3) is 0.571. The number of halogens is 2. The average molecular weight is 239 g/mol.